The highest BCUT2D eigenvalue weighted by Gasteiger charge is 2.49. The van der Waals surface area contributed by atoms with Gasteiger partial charge in [-0.25, -0.2) is 0 Å². The Labute approximate surface area is 167 Å². The molecule has 27 heavy (non-hydrogen) atoms. The number of hydrogen-bond donors (Lipinski definition) is 0. The van der Waals surface area contributed by atoms with Crippen LogP contribution in [0.4, 0.5) is 0 Å². The first-order chi connectivity index (χ1) is 12.5. The highest BCUT2D eigenvalue weighted by atomic mass is 28.4. The minimum Gasteiger partial charge on any atom is -0.370 e. The molecule has 0 saturated carbocycles. The van der Waals surface area contributed by atoms with Gasteiger partial charge in [-0.1, -0.05) is 48.1 Å². The quantitative estimate of drug-likeness (QED) is 0.218. The lowest BCUT2D eigenvalue weighted by atomic mass is 10.1. The third-order valence-electron chi connectivity index (χ3n) is 3.35. The Bertz CT molecular complexity index is 471. The Kier molecular flexibility index (Phi) is 11.9. The van der Waals surface area contributed by atoms with Gasteiger partial charge in [0, 0.05) is 5.70 Å². The molecule has 0 atom stereocenters. The van der Waals surface area contributed by atoms with Gasteiger partial charge in [-0.15, -0.1) is 15.5 Å². The van der Waals surface area contributed by atoms with Gasteiger partial charge in [0.2, 0.25) is 0 Å². The molecule has 0 aromatic heterocycles. The molecule has 6 nitrogen and oxygen atoms in total. The van der Waals surface area contributed by atoms with E-state index in [1.54, 1.807) is 0 Å². The largest absolute Gasteiger partial charge is 0.791 e. The van der Waals surface area contributed by atoms with Crippen molar-refractivity contribution in [2.75, 3.05) is 0 Å². The summed E-state index contributed by atoms with van der Waals surface area (Å²) >= 11 is 0. The van der Waals surface area contributed by atoms with Crippen LogP contribution in [0, 0.1) is 17.8 Å². The molecule has 0 saturated heterocycles. The molecule has 0 radical (unpaired) electrons. The van der Waals surface area contributed by atoms with Crippen molar-refractivity contribution in [1.82, 2.24) is 0 Å². The zero-order valence-electron chi connectivity index (χ0n) is 18.7. The van der Waals surface area contributed by atoms with Gasteiger partial charge in [-0.2, -0.15) is 0 Å². The van der Waals surface area contributed by atoms with Gasteiger partial charge in [-0.3, -0.25) is 0 Å². The van der Waals surface area contributed by atoms with Crippen molar-refractivity contribution in [3.8, 4) is 0 Å². The molecule has 0 aliphatic carbocycles. The van der Waals surface area contributed by atoms with E-state index < -0.39 is 8.80 Å². The fourth-order valence-electron chi connectivity index (χ4n) is 2.47. The molecule has 0 aromatic rings. The van der Waals surface area contributed by atoms with Crippen LogP contribution in [0.3, 0.4) is 0 Å². The highest BCUT2D eigenvalue weighted by Crippen LogP contribution is 2.16. The third kappa shape index (κ3) is 12.4. The summed E-state index contributed by atoms with van der Waals surface area (Å²) in [6.07, 6.45) is 2.48. The Balaban J connectivity index is 5.44. The Morgan fingerprint density at radius 3 is 1.15 bits per heavy atom. The maximum absolute atomic E-state index is 5.70. The second-order valence-electron chi connectivity index (χ2n) is 8.36. The third-order valence-corrected chi connectivity index (χ3v) is 4.88. The molecule has 0 N–H and O–H groups in total. The summed E-state index contributed by atoms with van der Waals surface area (Å²) < 4.78 is 17.1. The van der Waals surface area contributed by atoms with E-state index in [4.69, 9.17) is 13.6 Å². The average Bonchev–Trinajstić information content (AvgIpc) is 2.52. The van der Waals surface area contributed by atoms with Gasteiger partial charge in [0.1, 0.15) is 0 Å². The van der Waals surface area contributed by atoms with Crippen LogP contribution < -0.4 is 0 Å². The van der Waals surface area contributed by atoms with Crippen LogP contribution in [-0.4, -0.2) is 25.9 Å². The first-order valence-corrected chi connectivity index (χ1v) is 11.6. The summed E-state index contributed by atoms with van der Waals surface area (Å²) in [5.74, 6) is 1.45. The van der Waals surface area contributed by atoms with E-state index in [2.05, 4.69) is 63.6 Å². The van der Waals surface area contributed by atoms with Crippen LogP contribution in [0.15, 0.2) is 27.7 Å². The molecule has 0 spiro atoms. The molecule has 0 aromatic carbocycles. The Morgan fingerprint density at radius 2 is 0.963 bits per heavy atom. The lowest BCUT2D eigenvalue weighted by Crippen LogP contribution is -2.40. The fraction of sp³-hybridized carbons (Fsp3) is 0.750. The maximum Gasteiger partial charge on any atom is 0.791 e. The number of rotatable bonds is 13. The topological polar surface area (TPSA) is 64.8 Å². The van der Waals surface area contributed by atoms with Gasteiger partial charge < -0.3 is 13.6 Å². The van der Waals surface area contributed by atoms with E-state index in [0.29, 0.717) is 17.8 Å². The van der Waals surface area contributed by atoms with Crippen molar-refractivity contribution in [2.24, 2.45) is 33.2 Å². The van der Waals surface area contributed by atoms with Crippen molar-refractivity contribution in [3.05, 3.63) is 12.3 Å². The minimum absolute atomic E-state index is 0.483. The predicted octanol–water partition coefficient (Wildman–Crippen LogP) is 5.97. The summed E-state index contributed by atoms with van der Waals surface area (Å²) in [6.45, 7) is 22.4. The van der Waals surface area contributed by atoms with Crippen molar-refractivity contribution in [1.29, 1.82) is 0 Å². The number of oxime groups is 3. The second kappa shape index (κ2) is 12.7. The molecule has 0 rings (SSSR count). The SMILES string of the molecule is C=C[Si](O/N=C(/C)CC(C)C)(O/N=C(\C)CC(C)C)O/N=C(\C)CC(C)C. The van der Waals surface area contributed by atoms with Gasteiger partial charge in [0.05, 0.1) is 17.1 Å². The summed E-state index contributed by atoms with van der Waals surface area (Å²) in [5.41, 5.74) is 4.10. The van der Waals surface area contributed by atoms with Crippen molar-refractivity contribution < 1.29 is 13.6 Å². The molecule has 0 fully saturated rings. The van der Waals surface area contributed by atoms with Crippen molar-refractivity contribution in [3.63, 3.8) is 0 Å². The summed E-state index contributed by atoms with van der Waals surface area (Å²) in [6, 6.07) is 0. The van der Waals surface area contributed by atoms with Crippen LogP contribution in [0.2, 0.25) is 0 Å². The monoisotopic (exact) mass is 397 g/mol. The zero-order chi connectivity index (χ0) is 21.0. The van der Waals surface area contributed by atoms with Gasteiger partial charge >= 0.3 is 8.80 Å². The number of hydrogen-bond acceptors (Lipinski definition) is 6. The minimum atomic E-state index is -3.41. The Hall–Kier alpha value is -1.63. The molecular weight excluding hydrogens is 358 g/mol. The highest BCUT2D eigenvalue weighted by molar-refractivity contribution is 6.66. The number of nitrogens with zero attached hydrogens (tertiary/aromatic N) is 3. The van der Waals surface area contributed by atoms with Crippen LogP contribution in [0.5, 0.6) is 0 Å². The first kappa shape index (κ1) is 25.4. The van der Waals surface area contributed by atoms with Crippen molar-refractivity contribution in [2.45, 2.75) is 81.6 Å². The van der Waals surface area contributed by atoms with Crippen LogP contribution >= 0.6 is 0 Å². The van der Waals surface area contributed by atoms with E-state index in [0.717, 1.165) is 36.4 Å². The lowest BCUT2D eigenvalue weighted by molar-refractivity contribution is 0.0781. The molecule has 0 heterocycles. The Morgan fingerprint density at radius 1 is 0.704 bits per heavy atom. The molecular formula is C20H39N3O3Si. The molecule has 156 valence electrons. The standard InChI is InChI=1S/C20H39N3O3Si/c1-11-27(24-21-18(8)12-15(2)3,25-22-19(9)13-16(4)5)26-23-20(10)14-17(6)7/h11,15-17H,1,12-14H2,2-10H3/b21-18-,22-19+,23-20+. The summed E-state index contributed by atoms with van der Waals surface area (Å²) in [7, 11) is -3.41. The van der Waals surface area contributed by atoms with Gasteiger partial charge in [-0.05, 0) is 57.8 Å². The second-order valence-corrected chi connectivity index (χ2v) is 10.5. The summed E-state index contributed by atoms with van der Waals surface area (Å²) in [5, 5.41) is 12.6. The fourth-order valence-corrected chi connectivity index (χ4v) is 3.64. The van der Waals surface area contributed by atoms with E-state index in [9.17, 15) is 0 Å². The molecule has 0 unspecified atom stereocenters. The molecule has 0 bridgehead atoms. The smallest absolute Gasteiger partial charge is 0.370 e. The van der Waals surface area contributed by atoms with Gasteiger partial charge in [0.15, 0.2) is 0 Å². The zero-order valence-corrected chi connectivity index (χ0v) is 19.7. The predicted molar refractivity (Wildman–Crippen MR) is 117 cm³/mol. The van der Waals surface area contributed by atoms with E-state index >= 15 is 0 Å². The molecule has 0 aliphatic heterocycles. The van der Waals surface area contributed by atoms with Gasteiger partial charge in [0.25, 0.3) is 0 Å². The summed E-state index contributed by atoms with van der Waals surface area (Å²) in [4.78, 5) is 0. The van der Waals surface area contributed by atoms with E-state index in [1.807, 2.05) is 20.8 Å². The normalized spacial score (nSPS) is 14.1. The van der Waals surface area contributed by atoms with Crippen LogP contribution in [0.1, 0.15) is 81.6 Å². The average molecular weight is 398 g/mol. The molecule has 0 aliphatic rings. The van der Waals surface area contributed by atoms with E-state index in [-0.39, 0.29) is 0 Å². The van der Waals surface area contributed by atoms with Crippen LogP contribution in [0.25, 0.3) is 0 Å². The van der Waals surface area contributed by atoms with Crippen molar-refractivity contribution >= 4 is 25.9 Å². The van der Waals surface area contributed by atoms with E-state index in [1.165, 1.54) is 5.70 Å². The lowest BCUT2D eigenvalue weighted by Gasteiger charge is -2.20. The molecule has 0 amide bonds. The maximum atomic E-state index is 5.70. The first-order valence-electron chi connectivity index (χ1n) is 9.78. The molecule has 7 heteroatoms. The van der Waals surface area contributed by atoms with Crippen LogP contribution in [-0.2, 0) is 13.6 Å².